The van der Waals surface area contributed by atoms with E-state index in [1.54, 1.807) is 43.3 Å². The van der Waals surface area contributed by atoms with Crippen LogP contribution in [0.1, 0.15) is 13.3 Å². The Morgan fingerprint density at radius 1 is 1.12 bits per heavy atom. The normalized spacial score (nSPS) is 21.1. The van der Waals surface area contributed by atoms with Crippen LogP contribution in [0.4, 0.5) is 11.4 Å². The van der Waals surface area contributed by atoms with Gasteiger partial charge in [0.15, 0.2) is 0 Å². The Balaban J connectivity index is 1.84. The van der Waals surface area contributed by atoms with Gasteiger partial charge in [0.25, 0.3) is 10.0 Å². The molecule has 1 saturated carbocycles. The van der Waals surface area contributed by atoms with Gasteiger partial charge in [-0.2, -0.15) is 0 Å². The van der Waals surface area contributed by atoms with Crippen molar-refractivity contribution in [2.45, 2.75) is 22.6 Å². The lowest BCUT2D eigenvalue weighted by Crippen LogP contribution is -2.27. The predicted molar refractivity (Wildman–Crippen MR) is 104 cm³/mol. The summed E-state index contributed by atoms with van der Waals surface area (Å²) in [6, 6.07) is 14.8. The second-order valence-electron chi connectivity index (χ2n) is 6.50. The molecule has 0 bridgehead atoms. The number of rotatable bonds is 5. The van der Waals surface area contributed by atoms with Gasteiger partial charge in [-0.05, 0) is 43.7 Å². The molecule has 5 nitrogen and oxygen atoms in total. The zero-order valence-corrected chi connectivity index (χ0v) is 16.6. The second kappa shape index (κ2) is 6.44. The molecular formula is C18H18Cl2N2O3S. The number of nitrogens with one attached hydrogen (secondary N) is 1. The van der Waals surface area contributed by atoms with E-state index in [2.05, 4.69) is 5.32 Å². The van der Waals surface area contributed by atoms with Gasteiger partial charge >= 0.3 is 0 Å². The van der Waals surface area contributed by atoms with E-state index in [9.17, 15) is 13.2 Å². The maximum absolute atomic E-state index is 12.9. The molecule has 0 aromatic heterocycles. The molecule has 1 aliphatic rings. The summed E-state index contributed by atoms with van der Waals surface area (Å²) in [5.74, 6) is -0.339. The van der Waals surface area contributed by atoms with E-state index in [4.69, 9.17) is 23.2 Å². The fourth-order valence-electron chi connectivity index (χ4n) is 2.58. The van der Waals surface area contributed by atoms with Gasteiger partial charge in [-0.15, -0.1) is 23.2 Å². The summed E-state index contributed by atoms with van der Waals surface area (Å²) in [5.41, 5.74) is 0.0301. The van der Waals surface area contributed by atoms with Gasteiger partial charge in [-0.25, -0.2) is 8.42 Å². The predicted octanol–water partition coefficient (Wildman–Crippen LogP) is 4.03. The Morgan fingerprint density at radius 2 is 1.73 bits per heavy atom. The molecule has 1 amide bonds. The lowest BCUT2D eigenvalue weighted by molar-refractivity contribution is -0.120. The van der Waals surface area contributed by atoms with Crippen molar-refractivity contribution < 1.29 is 13.2 Å². The molecule has 1 N–H and O–H groups in total. The van der Waals surface area contributed by atoms with Crippen molar-refractivity contribution in [3.8, 4) is 0 Å². The molecule has 0 aliphatic heterocycles. The first-order chi connectivity index (χ1) is 12.1. The van der Waals surface area contributed by atoms with Gasteiger partial charge in [0, 0.05) is 12.7 Å². The molecule has 138 valence electrons. The number of hydrogen-bond donors (Lipinski definition) is 1. The number of anilines is 2. The number of alkyl halides is 2. The van der Waals surface area contributed by atoms with Crippen molar-refractivity contribution in [2.24, 2.45) is 5.41 Å². The van der Waals surface area contributed by atoms with Crippen LogP contribution in [-0.4, -0.2) is 25.7 Å². The first-order valence-corrected chi connectivity index (χ1v) is 10.1. The first kappa shape index (κ1) is 19.0. The van der Waals surface area contributed by atoms with Crippen molar-refractivity contribution in [3.05, 3.63) is 54.6 Å². The number of amides is 1. The minimum atomic E-state index is -3.76. The largest absolute Gasteiger partial charge is 0.325 e. The van der Waals surface area contributed by atoms with Crippen LogP contribution in [0.3, 0.4) is 0 Å². The number of hydrogen-bond acceptors (Lipinski definition) is 3. The van der Waals surface area contributed by atoms with Crippen molar-refractivity contribution in [3.63, 3.8) is 0 Å². The average Bonchev–Trinajstić information content (AvgIpc) is 3.14. The maximum atomic E-state index is 12.9. The molecule has 1 unspecified atom stereocenters. The summed E-state index contributed by atoms with van der Waals surface area (Å²) < 4.78 is 25.8. The number of carbonyl (C=O) groups excluding carboxylic acids is 1. The number of halogens is 2. The minimum Gasteiger partial charge on any atom is -0.325 e. The summed E-state index contributed by atoms with van der Waals surface area (Å²) in [6.07, 6.45) is 0.351. The number of carbonyl (C=O) groups is 1. The van der Waals surface area contributed by atoms with Crippen molar-refractivity contribution >= 4 is 50.5 Å². The SMILES string of the molecule is CN(c1ccccc1)S(=O)(=O)c1cccc(NC(=O)C2(C)CC2(Cl)Cl)c1. The third-order valence-corrected chi connectivity index (χ3v) is 7.51. The number of nitrogens with zero attached hydrogens (tertiary/aromatic N) is 1. The number of benzene rings is 2. The molecule has 1 fully saturated rings. The highest BCUT2D eigenvalue weighted by Gasteiger charge is 2.67. The Bertz CT molecular complexity index is 948. The third-order valence-electron chi connectivity index (χ3n) is 4.63. The topological polar surface area (TPSA) is 66.5 Å². The van der Waals surface area contributed by atoms with Crippen LogP contribution in [0.2, 0.25) is 0 Å². The van der Waals surface area contributed by atoms with Gasteiger partial charge in [0.05, 0.1) is 16.0 Å². The fourth-order valence-corrected chi connectivity index (χ4v) is 4.53. The fraction of sp³-hybridized carbons (Fsp3) is 0.278. The lowest BCUT2D eigenvalue weighted by atomic mass is 10.1. The van der Waals surface area contributed by atoms with E-state index < -0.39 is 19.8 Å². The van der Waals surface area contributed by atoms with Crippen LogP contribution < -0.4 is 9.62 Å². The molecular weight excluding hydrogens is 395 g/mol. The summed E-state index contributed by atoms with van der Waals surface area (Å²) in [5, 5.41) is 2.70. The zero-order valence-electron chi connectivity index (χ0n) is 14.2. The molecule has 8 heteroatoms. The van der Waals surface area contributed by atoms with E-state index in [1.807, 2.05) is 6.07 Å². The Labute approximate surface area is 163 Å². The van der Waals surface area contributed by atoms with Gasteiger partial charge in [0.2, 0.25) is 5.91 Å². The minimum absolute atomic E-state index is 0.0746. The van der Waals surface area contributed by atoms with Crippen LogP contribution in [0.15, 0.2) is 59.5 Å². The number of para-hydroxylation sites is 1. The molecule has 1 atom stereocenters. The third kappa shape index (κ3) is 3.29. The maximum Gasteiger partial charge on any atom is 0.264 e. The van der Waals surface area contributed by atoms with Gasteiger partial charge in [0.1, 0.15) is 4.33 Å². The highest BCUT2D eigenvalue weighted by atomic mass is 35.5. The molecule has 0 radical (unpaired) electrons. The molecule has 0 saturated heterocycles. The van der Waals surface area contributed by atoms with Crippen LogP contribution in [-0.2, 0) is 14.8 Å². The quantitative estimate of drug-likeness (QED) is 0.753. The molecule has 1 aliphatic carbocycles. The summed E-state index contributed by atoms with van der Waals surface area (Å²) in [4.78, 5) is 12.5. The summed E-state index contributed by atoms with van der Waals surface area (Å²) >= 11 is 12.0. The zero-order chi connectivity index (χ0) is 19.2. The highest BCUT2D eigenvalue weighted by Crippen LogP contribution is 2.64. The Morgan fingerprint density at radius 3 is 2.31 bits per heavy atom. The standard InChI is InChI=1S/C18H18Cl2N2O3S/c1-17(12-18(17,19)20)16(23)21-13-7-6-10-15(11-13)26(24,25)22(2)14-8-4-3-5-9-14/h3-11H,12H2,1-2H3,(H,21,23). The van der Waals surface area contributed by atoms with Crippen LogP contribution >= 0.6 is 23.2 Å². The second-order valence-corrected chi connectivity index (χ2v) is 9.96. The molecule has 0 heterocycles. The molecule has 3 rings (SSSR count). The smallest absolute Gasteiger partial charge is 0.264 e. The first-order valence-electron chi connectivity index (χ1n) is 7.91. The van der Waals surface area contributed by atoms with E-state index in [0.717, 1.165) is 0 Å². The van der Waals surface area contributed by atoms with Crippen molar-refractivity contribution in [1.82, 2.24) is 0 Å². The van der Waals surface area contributed by atoms with Crippen LogP contribution in [0.25, 0.3) is 0 Å². The van der Waals surface area contributed by atoms with E-state index in [-0.39, 0.29) is 10.8 Å². The molecule has 26 heavy (non-hydrogen) atoms. The molecule has 2 aromatic carbocycles. The number of sulfonamides is 1. The summed E-state index contributed by atoms with van der Waals surface area (Å²) in [7, 11) is -2.28. The Hall–Kier alpha value is -1.76. The molecule has 2 aromatic rings. The monoisotopic (exact) mass is 412 g/mol. The Kier molecular flexibility index (Phi) is 4.71. The van der Waals surface area contributed by atoms with Crippen molar-refractivity contribution in [2.75, 3.05) is 16.7 Å². The van der Waals surface area contributed by atoms with E-state index in [0.29, 0.717) is 17.8 Å². The molecule has 0 spiro atoms. The van der Waals surface area contributed by atoms with E-state index >= 15 is 0 Å². The lowest BCUT2D eigenvalue weighted by Gasteiger charge is -2.20. The average molecular weight is 413 g/mol. The van der Waals surface area contributed by atoms with Crippen LogP contribution in [0, 0.1) is 5.41 Å². The van der Waals surface area contributed by atoms with Gasteiger partial charge in [-0.1, -0.05) is 24.3 Å². The van der Waals surface area contributed by atoms with Gasteiger partial charge < -0.3 is 5.32 Å². The highest BCUT2D eigenvalue weighted by molar-refractivity contribution is 7.92. The summed E-state index contributed by atoms with van der Waals surface area (Å²) in [6.45, 7) is 1.67. The van der Waals surface area contributed by atoms with Gasteiger partial charge in [-0.3, -0.25) is 9.10 Å². The van der Waals surface area contributed by atoms with Crippen LogP contribution in [0.5, 0.6) is 0 Å². The van der Waals surface area contributed by atoms with Crippen molar-refractivity contribution in [1.29, 1.82) is 0 Å². The van der Waals surface area contributed by atoms with E-state index in [1.165, 1.54) is 23.5 Å².